The van der Waals surface area contributed by atoms with Gasteiger partial charge in [0.25, 0.3) is 0 Å². The number of nitrogens with zero attached hydrogens (tertiary/aromatic N) is 1. The number of ether oxygens (including phenoxy) is 1. The first-order chi connectivity index (χ1) is 11.4. The van der Waals surface area contributed by atoms with Gasteiger partial charge in [0.2, 0.25) is 0 Å². The molecule has 0 aliphatic carbocycles. The molecule has 0 bridgehead atoms. The van der Waals surface area contributed by atoms with Crippen molar-refractivity contribution in [2.24, 2.45) is 4.99 Å². The summed E-state index contributed by atoms with van der Waals surface area (Å²) >= 11 is 1.82. The quantitative estimate of drug-likeness (QED) is 0.237. The fourth-order valence-electron chi connectivity index (χ4n) is 1.89. The number of unbranched alkanes of at least 4 members (excludes halogenated alkanes) is 1. The number of hydrogen-bond acceptors (Lipinski definition) is 3. The molecule has 144 valence electrons. The van der Waals surface area contributed by atoms with Crippen LogP contribution in [0.25, 0.3) is 0 Å². The van der Waals surface area contributed by atoms with Crippen molar-refractivity contribution in [3.63, 3.8) is 0 Å². The molecule has 0 atom stereocenters. The first-order valence-corrected chi connectivity index (χ1v) is 9.06. The van der Waals surface area contributed by atoms with Crippen LogP contribution >= 0.6 is 35.7 Å². The predicted octanol–water partition coefficient (Wildman–Crippen LogP) is 4.05. The highest BCUT2D eigenvalue weighted by atomic mass is 127. The SMILES string of the molecule is CN=C(NCCCCSC)NCc1cccc(OCC(F)(F)F)c1.I. The third-order valence-electron chi connectivity index (χ3n) is 3.05. The number of guanidine groups is 1. The predicted molar refractivity (Wildman–Crippen MR) is 109 cm³/mol. The molecular weight excluding hydrogens is 466 g/mol. The molecular formula is C16H25F3IN3OS. The third kappa shape index (κ3) is 12.2. The van der Waals surface area contributed by atoms with Gasteiger partial charge in [0, 0.05) is 20.1 Å². The van der Waals surface area contributed by atoms with Gasteiger partial charge in [0.05, 0.1) is 0 Å². The van der Waals surface area contributed by atoms with Gasteiger partial charge in [-0.1, -0.05) is 12.1 Å². The first-order valence-electron chi connectivity index (χ1n) is 7.66. The van der Waals surface area contributed by atoms with Crippen molar-refractivity contribution in [2.45, 2.75) is 25.6 Å². The lowest BCUT2D eigenvalue weighted by molar-refractivity contribution is -0.153. The number of nitrogens with one attached hydrogen (secondary N) is 2. The van der Waals surface area contributed by atoms with E-state index >= 15 is 0 Å². The van der Waals surface area contributed by atoms with E-state index < -0.39 is 12.8 Å². The van der Waals surface area contributed by atoms with E-state index in [2.05, 4.69) is 21.9 Å². The van der Waals surface area contributed by atoms with Crippen molar-refractivity contribution in [2.75, 3.05) is 32.2 Å². The van der Waals surface area contributed by atoms with E-state index in [9.17, 15) is 13.2 Å². The molecule has 1 aromatic carbocycles. The first kappa shape index (κ1) is 24.2. The number of aliphatic imine (C=N–C) groups is 1. The number of benzene rings is 1. The minimum Gasteiger partial charge on any atom is -0.484 e. The van der Waals surface area contributed by atoms with Crippen LogP contribution in [0.1, 0.15) is 18.4 Å². The Hall–Kier alpha value is -0.840. The molecule has 0 fully saturated rings. The molecule has 0 radical (unpaired) electrons. The second-order valence-corrected chi connectivity index (χ2v) is 6.09. The lowest BCUT2D eigenvalue weighted by Crippen LogP contribution is -2.37. The van der Waals surface area contributed by atoms with Crippen LogP contribution in [0, 0.1) is 0 Å². The lowest BCUT2D eigenvalue weighted by Gasteiger charge is -2.13. The Morgan fingerprint density at radius 1 is 1.24 bits per heavy atom. The molecule has 9 heteroatoms. The number of hydrogen-bond donors (Lipinski definition) is 2. The molecule has 0 amide bonds. The summed E-state index contributed by atoms with van der Waals surface area (Å²) in [6.07, 6.45) is -0.0526. The summed E-state index contributed by atoms with van der Waals surface area (Å²) in [5.41, 5.74) is 0.819. The molecule has 0 unspecified atom stereocenters. The van der Waals surface area contributed by atoms with Crippen molar-refractivity contribution < 1.29 is 17.9 Å². The highest BCUT2D eigenvalue weighted by molar-refractivity contribution is 14.0. The Bertz CT molecular complexity index is 516. The summed E-state index contributed by atoms with van der Waals surface area (Å²) in [5.74, 6) is 2.01. The van der Waals surface area contributed by atoms with Crippen molar-refractivity contribution >= 4 is 41.7 Å². The lowest BCUT2D eigenvalue weighted by atomic mass is 10.2. The summed E-state index contributed by atoms with van der Waals surface area (Å²) in [4.78, 5) is 4.12. The molecule has 0 saturated carbocycles. The van der Waals surface area contributed by atoms with Crippen LogP contribution in [0.3, 0.4) is 0 Å². The molecule has 0 aliphatic heterocycles. The van der Waals surface area contributed by atoms with Gasteiger partial charge in [-0.25, -0.2) is 0 Å². The molecule has 1 aromatic rings. The van der Waals surface area contributed by atoms with Gasteiger partial charge in [0.1, 0.15) is 5.75 Å². The van der Waals surface area contributed by atoms with Crippen LogP contribution in [-0.2, 0) is 6.54 Å². The van der Waals surface area contributed by atoms with Gasteiger partial charge >= 0.3 is 6.18 Å². The van der Waals surface area contributed by atoms with E-state index in [0.29, 0.717) is 12.5 Å². The summed E-state index contributed by atoms with van der Waals surface area (Å²) < 4.78 is 41.3. The Morgan fingerprint density at radius 2 is 2.00 bits per heavy atom. The molecule has 25 heavy (non-hydrogen) atoms. The number of rotatable bonds is 9. The Balaban J connectivity index is 0.00000576. The normalized spacial score (nSPS) is 11.6. The highest BCUT2D eigenvalue weighted by Gasteiger charge is 2.28. The Labute approximate surface area is 168 Å². The van der Waals surface area contributed by atoms with Crippen LogP contribution < -0.4 is 15.4 Å². The summed E-state index contributed by atoms with van der Waals surface area (Å²) in [6.45, 7) is -0.00811. The smallest absolute Gasteiger partial charge is 0.422 e. The van der Waals surface area contributed by atoms with Gasteiger partial charge in [-0.3, -0.25) is 4.99 Å². The van der Waals surface area contributed by atoms with Crippen LogP contribution in [0.15, 0.2) is 29.3 Å². The van der Waals surface area contributed by atoms with E-state index in [1.165, 1.54) is 6.07 Å². The van der Waals surface area contributed by atoms with Crippen molar-refractivity contribution in [1.29, 1.82) is 0 Å². The second kappa shape index (κ2) is 13.4. The molecule has 0 heterocycles. The average molecular weight is 491 g/mol. The number of halogens is 4. The van der Waals surface area contributed by atoms with Gasteiger partial charge in [-0.05, 0) is 42.5 Å². The maximum absolute atomic E-state index is 12.2. The van der Waals surface area contributed by atoms with Crippen molar-refractivity contribution in [1.82, 2.24) is 10.6 Å². The van der Waals surface area contributed by atoms with E-state index in [0.717, 1.165) is 30.7 Å². The fourth-order valence-corrected chi connectivity index (χ4v) is 2.39. The molecule has 4 nitrogen and oxygen atoms in total. The van der Waals surface area contributed by atoms with Gasteiger partial charge in [-0.2, -0.15) is 24.9 Å². The summed E-state index contributed by atoms with van der Waals surface area (Å²) in [6, 6.07) is 6.58. The largest absolute Gasteiger partial charge is 0.484 e. The van der Waals surface area contributed by atoms with E-state index in [4.69, 9.17) is 4.74 Å². The maximum Gasteiger partial charge on any atom is 0.422 e. The van der Waals surface area contributed by atoms with Crippen LogP contribution in [0.2, 0.25) is 0 Å². The van der Waals surface area contributed by atoms with Crippen molar-refractivity contribution in [3.05, 3.63) is 29.8 Å². The minimum atomic E-state index is -4.34. The zero-order valence-corrected chi connectivity index (χ0v) is 17.5. The van der Waals surface area contributed by atoms with Crippen molar-refractivity contribution in [3.8, 4) is 5.75 Å². The molecule has 0 spiro atoms. The monoisotopic (exact) mass is 491 g/mol. The maximum atomic E-state index is 12.2. The van der Waals surface area contributed by atoms with E-state index in [1.807, 2.05) is 17.8 Å². The Morgan fingerprint density at radius 3 is 2.64 bits per heavy atom. The number of thioether (sulfide) groups is 1. The topological polar surface area (TPSA) is 45.7 Å². The van der Waals surface area contributed by atoms with E-state index in [1.54, 1.807) is 19.2 Å². The van der Waals surface area contributed by atoms with Gasteiger partial charge in [-0.15, -0.1) is 24.0 Å². The molecule has 1 rings (SSSR count). The Kier molecular flexibility index (Phi) is 12.9. The van der Waals surface area contributed by atoms with Crippen LogP contribution in [0.4, 0.5) is 13.2 Å². The highest BCUT2D eigenvalue weighted by Crippen LogP contribution is 2.19. The second-order valence-electron chi connectivity index (χ2n) is 5.10. The van der Waals surface area contributed by atoms with Crippen LogP contribution in [0.5, 0.6) is 5.75 Å². The van der Waals surface area contributed by atoms with Gasteiger partial charge in [0.15, 0.2) is 12.6 Å². The van der Waals surface area contributed by atoms with Gasteiger partial charge < -0.3 is 15.4 Å². The standard InChI is InChI=1S/C16H24F3N3OS.HI/c1-20-15(21-8-3-4-9-24-2)22-11-13-6-5-7-14(10-13)23-12-16(17,18)19;/h5-7,10H,3-4,8-9,11-12H2,1-2H3,(H2,20,21,22);1H. The molecule has 0 saturated heterocycles. The zero-order valence-electron chi connectivity index (χ0n) is 14.4. The number of alkyl halides is 3. The molecule has 0 aliphatic rings. The zero-order chi connectivity index (χ0) is 17.8. The van der Waals surface area contributed by atoms with Crippen LogP contribution in [-0.4, -0.2) is 44.3 Å². The summed E-state index contributed by atoms with van der Waals surface area (Å²) in [7, 11) is 1.68. The summed E-state index contributed by atoms with van der Waals surface area (Å²) in [5, 5.41) is 6.34. The average Bonchev–Trinajstić information content (AvgIpc) is 2.55. The van der Waals surface area contributed by atoms with E-state index in [-0.39, 0.29) is 29.7 Å². The molecule has 2 N–H and O–H groups in total. The minimum absolute atomic E-state index is 0. The third-order valence-corrected chi connectivity index (χ3v) is 3.75. The molecule has 0 aromatic heterocycles. The fraction of sp³-hybridized carbons (Fsp3) is 0.562.